The SMILES string of the molecule is CCCc1ccccc1C(O)(CCC)CCC. The molecular weight excluding hydrogens is 208 g/mol. The van der Waals surface area contributed by atoms with Gasteiger partial charge in [-0.05, 0) is 30.4 Å². The van der Waals surface area contributed by atoms with Gasteiger partial charge in [-0.15, -0.1) is 0 Å². The fourth-order valence-corrected chi connectivity index (χ4v) is 2.68. The van der Waals surface area contributed by atoms with Crippen LogP contribution in [-0.4, -0.2) is 5.11 Å². The largest absolute Gasteiger partial charge is 0.385 e. The molecule has 0 atom stereocenters. The Morgan fingerprint density at radius 3 is 2.06 bits per heavy atom. The van der Waals surface area contributed by atoms with Crippen molar-refractivity contribution >= 4 is 0 Å². The number of aliphatic hydroxyl groups is 1. The van der Waals surface area contributed by atoms with Crippen LogP contribution in [0.4, 0.5) is 0 Å². The first-order valence-corrected chi connectivity index (χ1v) is 6.98. The fraction of sp³-hybridized carbons (Fsp3) is 0.625. The van der Waals surface area contributed by atoms with Gasteiger partial charge in [0.05, 0.1) is 5.60 Å². The van der Waals surface area contributed by atoms with Crippen molar-refractivity contribution in [2.45, 2.75) is 64.9 Å². The van der Waals surface area contributed by atoms with Crippen molar-refractivity contribution in [3.63, 3.8) is 0 Å². The third-order valence-electron chi connectivity index (χ3n) is 3.37. The van der Waals surface area contributed by atoms with E-state index in [-0.39, 0.29) is 0 Å². The molecule has 0 saturated carbocycles. The van der Waals surface area contributed by atoms with E-state index in [1.165, 1.54) is 5.56 Å². The summed E-state index contributed by atoms with van der Waals surface area (Å²) < 4.78 is 0. The summed E-state index contributed by atoms with van der Waals surface area (Å²) in [5.74, 6) is 0. The summed E-state index contributed by atoms with van der Waals surface area (Å²) in [4.78, 5) is 0. The zero-order valence-electron chi connectivity index (χ0n) is 11.5. The fourth-order valence-electron chi connectivity index (χ4n) is 2.68. The molecule has 0 fully saturated rings. The Kier molecular flexibility index (Phi) is 5.70. The third-order valence-corrected chi connectivity index (χ3v) is 3.37. The first-order valence-electron chi connectivity index (χ1n) is 6.98. The lowest BCUT2D eigenvalue weighted by Gasteiger charge is -2.30. The summed E-state index contributed by atoms with van der Waals surface area (Å²) in [6, 6.07) is 8.39. The van der Waals surface area contributed by atoms with Crippen molar-refractivity contribution < 1.29 is 5.11 Å². The summed E-state index contributed by atoms with van der Waals surface area (Å²) in [6.45, 7) is 6.47. The minimum absolute atomic E-state index is 0.616. The molecule has 0 radical (unpaired) electrons. The Labute approximate surface area is 106 Å². The van der Waals surface area contributed by atoms with Gasteiger partial charge in [0.25, 0.3) is 0 Å². The molecule has 1 rings (SSSR count). The van der Waals surface area contributed by atoms with E-state index in [1.807, 2.05) is 6.07 Å². The summed E-state index contributed by atoms with van der Waals surface area (Å²) in [5.41, 5.74) is 1.86. The van der Waals surface area contributed by atoms with Crippen molar-refractivity contribution in [1.82, 2.24) is 0 Å². The highest BCUT2D eigenvalue weighted by atomic mass is 16.3. The Balaban J connectivity index is 3.08. The summed E-state index contributed by atoms with van der Waals surface area (Å²) in [6.07, 6.45) is 5.97. The van der Waals surface area contributed by atoms with Crippen molar-refractivity contribution in [3.05, 3.63) is 35.4 Å². The van der Waals surface area contributed by atoms with E-state index in [2.05, 4.69) is 39.0 Å². The molecule has 0 aromatic heterocycles. The van der Waals surface area contributed by atoms with E-state index in [1.54, 1.807) is 0 Å². The summed E-state index contributed by atoms with van der Waals surface area (Å²) in [7, 11) is 0. The van der Waals surface area contributed by atoms with Gasteiger partial charge in [-0.1, -0.05) is 64.3 Å². The molecule has 0 aliphatic heterocycles. The van der Waals surface area contributed by atoms with Gasteiger partial charge in [0.2, 0.25) is 0 Å². The highest BCUT2D eigenvalue weighted by Gasteiger charge is 2.28. The molecule has 0 heterocycles. The normalized spacial score (nSPS) is 11.8. The first kappa shape index (κ1) is 14.2. The predicted octanol–water partition coefficient (Wildman–Crippen LogP) is 4.43. The second-order valence-electron chi connectivity index (χ2n) is 4.94. The van der Waals surface area contributed by atoms with Crippen LogP contribution < -0.4 is 0 Å². The molecule has 0 amide bonds. The van der Waals surface area contributed by atoms with Crippen LogP contribution in [0.15, 0.2) is 24.3 Å². The molecule has 0 aliphatic carbocycles. The van der Waals surface area contributed by atoms with Crippen molar-refractivity contribution in [1.29, 1.82) is 0 Å². The van der Waals surface area contributed by atoms with E-state index < -0.39 is 5.60 Å². The van der Waals surface area contributed by atoms with Gasteiger partial charge in [-0.2, -0.15) is 0 Å². The van der Waals surface area contributed by atoms with E-state index in [0.717, 1.165) is 44.1 Å². The molecule has 17 heavy (non-hydrogen) atoms. The monoisotopic (exact) mass is 234 g/mol. The lowest BCUT2D eigenvalue weighted by molar-refractivity contribution is 0.0161. The standard InChI is InChI=1S/C16H26O/c1-4-9-14-10-7-8-11-15(14)16(17,12-5-2)13-6-3/h7-8,10-11,17H,4-6,9,12-13H2,1-3H3. The number of rotatable bonds is 7. The van der Waals surface area contributed by atoms with Gasteiger partial charge < -0.3 is 5.11 Å². The minimum atomic E-state index is -0.616. The van der Waals surface area contributed by atoms with Crippen LogP contribution >= 0.6 is 0 Å². The molecule has 0 spiro atoms. The smallest absolute Gasteiger partial charge is 0.0899 e. The molecule has 0 unspecified atom stereocenters. The molecule has 1 nitrogen and oxygen atoms in total. The minimum Gasteiger partial charge on any atom is -0.385 e. The van der Waals surface area contributed by atoms with Crippen LogP contribution in [0.3, 0.4) is 0 Å². The van der Waals surface area contributed by atoms with Crippen LogP contribution in [0.5, 0.6) is 0 Å². The number of hydrogen-bond donors (Lipinski definition) is 1. The maximum Gasteiger partial charge on any atom is 0.0899 e. The van der Waals surface area contributed by atoms with Crippen molar-refractivity contribution in [2.75, 3.05) is 0 Å². The van der Waals surface area contributed by atoms with Crippen molar-refractivity contribution in [2.24, 2.45) is 0 Å². The van der Waals surface area contributed by atoms with E-state index in [9.17, 15) is 5.11 Å². The molecule has 0 bridgehead atoms. The average molecular weight is 234 g/mol. The lowest BCUT2D eigenvalue weighted by Crippen LogP contribution is -2.26. The summed E-state index contributed by atoms with van der Waals surface area (Å²) in [5, 5.41) is 10.9. The van der Waals surface area contributed by atoms with Crippen LogP contribution in [0.25, 0.3) is 0 Å². The second kappa shape index (κ2) is 6.80. The van der Waals surface area contributed by atoms with Gasteiger partial charge in [0, 0.05) is 0 Å². The highest BCUT2D eigenvalue weighted by Crippen LogP contribution is 2.34. The zero-order chi connectivity index (χ0) is 12.7. The molecule has 1 heteroatoms. The molecular formula is C16H26O. The molecule has 0 aliphatic rings. The zero-order valence-corrected chi connectivity index (χ0v) is 11.5. The number of benzene rings is 1. The Morgan fingerprint density at radius 2 is 1.53 bits per heavy atom. The van der Waals surface area contributed by atoms with Crippen LogP contribution in [0.1, 0.15) is 64.0 Å². The van der Waals surface area contributed by atoms with Gasteiger partial charge in [-0.3, -0.25) is 0 Å². The number of hydrogen-bond acceptors (Lipinski definition) is 1. The molecule has 1 aromatic carbocycles. The van der Waals surface area contributed by atoms with Gasteiger partial charge in [-0.25, -0.2) is 0 Å². The van der Waals surface area contributed by atoms with Crippen molar-refractivity contribution in [3.8, 4) is 0 Å². The maximum absolute atomic E-state index is 10.9. The van der Waals surface area contributed by atoms with Crippen LogP contribution in [0, 0.1) is 0 Å². The number of aryl methyl sites for hydroxylation is 1. The Bertz CT molecular complexity index is 324. The quantitative estimate of drug-likeness (QED) is 0.740. The molecule has 1 aromatic rings. The first-order chi connectivity index (χ1) is 8.18. The molecule has 96 valence electrons. The van der Waals surface area contributed by atoms with Gasteiger partial charge in [0.1, 0.15) is 0 Å². The topological polar surface area (TPSA) is 20.2 Å². The molecule has 0 saturated heterocycles. The van der Waals surface area contributed by atoms with Gasteiger partial charge >= 0.3 is 0 Å². The second-order valence-corrected chi connectivity index (χ2v) is 4.94. The highest BCUT2D eigenvalue weighted by molar-refractivity contribution is 5.32. The lowest BCUT2D eigenvalue weighted by atomic mass is 9.82. The van der Waals surface area contributed by atoms with Gasteiger partial charge in [0.15, 0.2) is 0 Å². The van der Waals surface area contributed by atoms with E-state index in [0.29, 0.717) is 0 Å². The summed E-state index contributed by atoms with van der Waals surface area (Å²) >= 11 is 0. The maximum atomic E-state index is 10.9. The Hall–Kier alpha value is -0.820. The Morgan fingerprint density at radius 1 is 0.941 bits per heavy atom. The van der Waals surface area contributed by atoms with Crippen LogP contribution in [0.2, 0.25) is 0 Å². The average Bonchev–Trinajstić information content (AvgIpc) is 2.31. The van der Waals surface area contributed by atoms with Crippen LogP contribution in [-0.2, 0) is 12.0 Å². The predicted molar refractivity (Wildman–Crippen MR) is 74.1 cm³/mol. The van der Waals surface area contributed by atoms with E-state index in [4.69, 9.17) is 0 Å². The third kappa shape index (κ3) is 3.57. The van der Waals surface area contributed by atoms with E-state index >= 15 is 0 Å². The molecule has 1 N–H and O–H groups in total.